The van der Waals surface area contributed by atoms with Crippen LogP contribution in [0.1, 0.15) is 5.69 Å². The molecule has 0 saturated carbocycles. The van der Waals surface area contributed by atoms with E-state index in [4.69, 9.17) is 4.74 Å². The van der Waals surface area contributed by atoms with Crippen molar-refractivity contribution in [1.82, 2.24) is 14.4 Å². The lowest BCUT2D eigenvalue weighted by Crippen LogP contribution is -2.15. The van der Waals surface area contributed by atoms with Gasteiger partial charge < -0.3 is 10.1 Å². The predicted molar refractivity (Wildman–Crippen MR) is 117 cm³/mol. The van der Waals surface area contributed by atoms with Crippen LogP contribution in [0.2, 0.25) is 0 Å². The van der Waals surface area contributed by atoms with E-state index in [0.29, 0.717) is 5.13 Å². The molecule has 0 aliphatic rings. The van der Waals surface area contributed by atoms with Gasteiger partial charge in [0, 0.05) is 22.8 Å². The second kappa shape index (κ2) is 7.31. The number of anilines is 1. The minimum atomic E-state index is -0.0940. The Morgan fingerprint density at radius 2 is 1.97 bits per heavy atom. The highest BCUT2D eigenvalue weighted by atomic mass is 32.1. The first-order valence-electron chi connectivity index (χ1n) is 8.95. The van der Waals surface area contributed by atoms with Crippen LogP contribution in [0, 0.1) is 0 Å². The number of methoxy groups -OCH3 is 1. The third kappa shape index (κ3) is 3.48. The van der Waals surface area contributed by atoms with Crippen molar-refractivity contribution in [2.24, 2.45) is 0 Å². The highest BCUT2D eigenvalue weighted by Gasteiger charge is 2.14. The Bertz CT molecular complexity index is 1280. The molecule has 0 unspecified atom stereocenters. The average Bonchev–Trinajstić information content (AvgIpc) is 3.43. The number of nitrogens with zero attached hydrogens (tertiary/aromatic N) is 3. The number of carbonyl (C=O) groups excluding carboxylic acids is 1. The van der Waals surface area contributed by atoms with Crippen molar-refractivity contribution in [3.63, 3.8) is 0 Å². The normalized spacial score (nSPS) is 11.2. The van der Waals surface area contributed by atoms with Gasteiger partial charge in [0.1, 0.15) is 5.75 Å². The maximum Gasteiger partial charge on any atom is 0.232 e. The van der Waals surface area contributed by atoms with Crippen LogP contribution in [0.15, 0.2) is 60.1 Å². The molecule has 3 aromatic heterocycles. The van der Waals surface area contributed by atoms with Crippen molar-refractivity contribution in [3.05, 3.63) is 65.8 Å². The van der Waals surface area contributed by atoms with Crippen molar-refractivity contribution in [2.45, 2.75) is 6.42 Å². The topological polar surface area (TPSA) is 68.5 Å². The number of thiazole rings is 2. The molecular weight excluding hydrogens is 404 g/mol. The number of para-hydroxylation sites is 1. The summed E-state index contributed by atoms with van der Waals surface area (Å²) in [5.41, 5.74) is 3.67. The Balaban J connectivity index is 1.35. The number of nitrogens with one attached hydrogen (secondary N) is 1. The van der Waals surface area contributed by atoms with Crippen LogP contribution in [0.4, 0.5) is 5.13 Å². The lowest BCUT2D eigenvalue weighted by atomic mass is 10.2. The minimum Gasteiger partial charge on any atom is -0.497 e. The van der Waals surface area contributed by atoms with E-state index >= 15 is 0 Å². The molecule has 0 fully saturated rings. The van der Waals surface area contributed by atoms with Gasteiger partial charge in [-0.15, -0.1) is 11.3 Å². The monoisotopic (exact) mass is 420 g/mol. The molecule has 2 aromatic carbocycles. The summed E-state index contributed by atoms with van der Waals surface area (Å²) in [6.45, 7) is 0. The number of ether oxygens (including phenoxy) is 1. The zero-order valence-corrected chi connectivity index (χ0v) is 17.1. The Morgan fingerprint density at radius 1 is 1.14 bits per heavy atom. The SMILES string of the molecule is COc1ccc(-c2cn3c(CC(=O)Nc4nc5ccccc5s4)csc3n2)cc1. The van der Waals surface area contributed by atoms with Crippen molar-refractivity contribution < 1.29 is 9.53 Å². The molecule has 0 aliphatic heterocycles. The van der Waals surface area contributed by atoms with E-state index in [0.717, 1.165) is 37.9 Å². The molecule has 8 heteroatoms. The summed E-state index contributed by atoms with van der Waals surface area (Å²) >= 11 is 3.00. The Hall–Kier alpha value is -3.23. The largest absolute Gasteiger partial charge is 0.497 e. The number of hydrogen-bond donors (Lipinski definition) is 1. The zero-order valence-electron chi connectivity index (χ0n) is 15.5. The lowest BCUT2D eigenvalue weighted by Gasteiger charge is -2.01. The number of benzene rings is 2. The van der Waals surface area contributed by atoms with Gasteiger partial charge in [-0.3, -0.25) is 9.20 Å². The van der Waals surface area contributed by atoms with Crippen molar-refractivity contribution in [2.75, 3.05) is 12.4 Å². The molecule has 6 nitrogen and oxygen atoms in total. The number of imidazole rings is 1. The van der Waals surface area contributed by atoms with E-state index in [9.17, 15) is 4.79 Å². The van der Waals surface area contributed by atoms with Crippen molar-refractivity contribution in [3.8, 4) is 17.0 Å². The molecule has 0 radical (unpaired) electrons. The number of amides is 1. The predicted octanol–water partition coefficient (Wildman–Crippen LogP) is 4.86. The summed E-state index contributed by atoms with van der Waals surface area (Å²) < 4.78 is 8.24. The van der Waals surface area contributed by atoms with Crippen molar-refractivity contribution >= 4 is 48.9 Å². The molecule has 5 aromatic rings. The summed E-state index contributed by atoms with van der Waals surface area (Å²) in [4.78, 5) is 22.6. The fourth-order valence-corrected chi connectivity index (χ4v) is 4.87. The molecule has 0 saturated heterocycles. The van der Waals surface area contributed by atoms with Crippen LogP contribution in [0.3, 0.4) is 0 Å². The third-order valence-electron chi connectivity index (χ3n) is 4.55. The van der Waals surface area contributed by atoms with Crippen molar-refractivity contribution in [1.29, 1.82) is 0 Å². The highest BCUT2D eigenvalue weighted by Crippen LogP contribution is 2.27. The second-order valence-corrected chi connectivity index (χ2v) is 8.31. The zero-order chi connectivity index (χ0) is 19.8. The number of fused-ring (bicyclic) bond motifs is 2. The first-order chi connectivity index (χ1) is 14.2. The molecule has 0 spiro atoms. The van der Waals surface area contributed by atoms with Crippen LogP contribution in [0.5, 0.6) is 5.75 Å². The smallest absolute Gasteiger partial charge is 0.232 e. The molecule has 5 rings (SSSR count). The fraction of sp³-hybridized carbons (Fsp3) is 0.0952. The molecular formula is C21H16N4O2S2. The number of rotatable bonds is 5. The summed E-state index contributed by atoms with van der Waals surface area (Å²) in [5, 5.41) is 5.50. The summed E-state index contributed by atoms with van der Waals surface area (Å²) in [6, 6.07) is 15.6. The van der Waals surface area contributed by atoms with Gasteiger partial charge in [-0.25, -0.2) is 9.97 Å². The van der Waals surface area contributed by atoms with Gasteiger partial charge in [-0.05, 0) is 36.4 Å². The highest BCUT2D eigenvalue weighted by molar-refractivity contribution is 7.22. The van der Waals surface area contributed by atoms with Gasteiger partial charge in [0.15, 0.2) is 10.1 Å². The molecule has 3 heterocycles. The molecule has 0 bridgehead atoms. The molecule has 144 valence electrons. The molecule has 1 N–H and O–H groups in total. The number of carbonyl (C=O) groups is 1. The van der Waals surface area contributed by atoms with Gasteiger partial charge >= 0.3 is 0 Å². The fourth-order valence-electron chi connectivity index (χ4n) is 3.11. The quantitative estimate of drug-likeness (QED) is 0.441. The molecule has 0 aliphatic carbocycles. The van der Waals surface area contributed by atoms with Crippen LogP contribution < -0.4 is 10.1 Å². The number of hydrogen-bond acceptors (Lipinski definition) is 6. The molecule has 1 amide bonds. The second-order valence-electron chi connectivity index (χ2n) is 6.45. The van der Waals surface area contributed by atoms with E-state index < -0.39 is 0 Å². The molecule has 29 heavy (non-hydrogen) atoms. The van der Waals surface area contributed by atoms with E-state index in [-0.39, 0.29) is 12.3 Å². The van der Waals surface area contributed by atoms with Gasteiger partial charge in [0.2, 0.25) is 5.91 Å². The van der Waals surface area contributed by atoms with Crippen LogP contribution in [0.25, 0.3) is 26.4 Å². The first-order valence-corrected chi connectivity index (χ1v) is 10.6. The maximum absolute atomic E-state index is 12.6. The number of aromatic nitrogens is 3. The van der Waals surface area contributed by atoms with Gasteiger partial charge in [0.25, 0.3) is 0 Å². The van der Waals surface area contributed by atoms with Gasteiger partial charge in [-0.1, -0.05) is 23.5 Å². The Morgan fingerprint density at radius 3 is 2.76 bits per heavy atom. The molecule has 0 atom stereocenters. The lowest BCUT2D eigenvalue weighted by molar-refractivity contribution is -0.115. The Kier molecular flexibility index (Phi) is 4.49. The van der Waals surface area contributed by atoms with Gasteiger partial charge in [-0.2, -0.15) is 0 Å². The Labute approximate surface area is 174 Å². The van der Waals surface area contributed by atoms with E-state index in [1.807, 2.05) is 64.5 Å². The standard InChI is InChI=1S/C21H16N4O2S2/c1-27-15-8-6-13(7-9-15)17-11-25-14(12-28-21(25)23-17)10-19(26)24-20-22-16-4-2-3-5-18(16)29-20/h2-9,11-12H,10H2,1H3,(H,22,24,26). The van der Waals surface area contributed by atoms with E-state index in [1.54, 1.807) is 7.11 Å². The van der Waals surface area contributed by atoms with E-state index in [2.05, 4.69) is 15.3 Å². The minimum absolute atomic E-state index is 0.0940. The van der Waals surface area contributed by atoms with E-state index in [1.165, 1.54) is 22.7 Å². The maximum atomic E-state index is 12.6. The average molecular weight is 421 g/mol. The van der Waals surface area contributed by atoms with Crippen LogP contribution in [-0.2, 0) is 11.2 Å². The van der Waals surface area contributed by atoms with Gasteiger partial charge in [0.05, 0.1) is 29.4 Å². The first kappa shape index (κ1) is 17.8. The summed E-state index contributed by atoms with van der Waals surface area (Å²) in [7, 11) is 1.65. The summed E-state index contributed by atoms with van der Waals surface area (Å²) in [5.74, 6) is 0.713. The third-order valence-corrected chi connectivity index (χ3v) is 6.39. The van der Waals surface area contributed by atoms with Crippen LogP contribution >= 0.6 is 22.7 Å². The van der Waals surface area contributed by atoms with Crippen LogP contribution in [-0.4, -0.2) is 27.4 Å². The summed E-state index contributed by atoms with van der Waals surface area (Å²) in [6.07, 6.45) is 2.22.